The van der Waals surface area contributed by atoms with Crippen LogP contribution in [0.25, 0.3) is 0 Å². The van der Waals surface area contributed by atoms with Gasteiger partial charge in [0.05, 0.1) is 0 Å². The van der Waals surface area contributed by atoms with Gasteiger partial charge in [-0.3, -0.25) is 0 Å². The molecule has 2 N–H and O–H groups in total. The van der Waals surface area contributed by atoms with E-state index in [2.05, 4.69) is 30.9 Å². The van der Waals surface area contributed by atoms with Crippen LogP contribution in [0.2, 0.25) is 0 Å². The maximum Gasteiger partial charge on any atom is 0.0472 e. The summed E-state index contributed by atoms with van der Waals surface area (Å²) in [5.41, 5.74) is 6.76. The van der Waals surface area contributed by atoms with E-state index in [1.807, 2.05) is 0 Å². The van der Waals surface area contributed by atoms with Gasteiger partial charge in [-0.25, -0.2) is 0 Å². The molecule has 1 aliphatic carbocycles. The Hall–Kier alpha value is -0.160. The molecule has 2 rings (SSSR count). The van der Waals surface area contributed by atoms with Gasteiger partial charge in [0, 0.05) is 31.8 Å². The number of nitrogens with two attached hydrogens (primary N) is 1. The van der Waals surface area contributed by atoms with E-state index in [1.54, 1.807) is 0 Å². The highest BCUT2D eigenvalue weighted by molar-refractivity contribution is 4.98. The molecule has 112 valence electrons. The molecule has 1 saturated carbocycles. The molecule has 4 nitrogen and oxygen atoms in total. The summed E-state index contributed by atoms with van der Waals surface area (Å²) in [6.07, 6.45) is 6.28. The molecule has 1 aliphatic heterocycles. The van der Waals surface area contributed by atoms with Gasteiger partial charge < -0.3 is 20.3 Å². The fraction of sp³-hybridized carbons (Fsp3) is 1.00. The first-order chi connectivity index (χ1) is 9.02. The minimum atomic E-state index is 0.282. The van der Waals surface area contributed by atoms with Crippen molar-refractivity contribution >= 4 is 0 Å². The molecule has 0 aromatic carbocycles. The van der Waals surface area contributed by atoms with Crippen molar-refractivity contribution in [3.05, 3.63) is 0 Å². The second-order valence-electron chi connectivity index (χ2n) is 6.96. The Morgan fingerprint density at radius 1 is 1.00 bits per heavy atom. The van der Waals surface area contributed by atoms with Gasteiger partial charge >= 0.3 is 0 Å². The first-order valence-corrected chi connectivity index (χ1v) is 7.66. The van der Waals surface area contributed by atoms with Crippen molar-refractivity contribution < 1.29 is 4.74 Å². The second kappa shape index (κ2) is 6.08. The zero-order valence-corrected chi connectivity index (χ0v) is 13.0. The van der Waals surface area contributed by atoms with Gasteiger partial charge in [0.25, 0.3) is 0 Å². The number of ether oxygens (including phenoxy) is 1. The van der Waals surface area contributed by atoms with Crippen LogP contribution in [0.15, 0.2) is 0 Å². The largest absolute Gasteiger partial charge is 0.381 e. The molecule has 0 amide bonds. The van der Waals surface area contributed by atoms with E-state index in [9.17, 15) is 0 Å². The van der Waals surface area contributed by atoms with Crippen molar-refractivity contribution in [3.8, 4) is 0 Å². The normalized spacial score (nSPS) is 25.6. The van der Waals surface area contributed by atoms with Gasteiger partial charge in [-0.2, -0.15) is 0 Å². The molecule has 4 heteroatoms. The lowest BCUT2D eigenvalue weighted by Gasteiger charge is -2.50. The average Bonchev–Trinajstić information content (AvgIpc) is 2.34. The molecule has 0 atom stereocenters. The molecule has 1 saturated heterocycles. The van der Waals surface area contributed by atoms with E-state index in [-0.39, 0.29) is 5.41 Å². The summed E-state index contributed by atoms with van der Waals surface area (Å²) in [5.74, 6) is 0. The van der Waals surface area contributed by atoms with Crippen LogP contribution in [0.3, 0.4) is 0 Å². The third-order valence-electron chi connectivity index (χ3n) is 5.39. The molecule has 2 aliphatic rings. The number of rotatable bonds is 6. The summed E-state index contributed by atoms with van der Waals surface area (Å²) < 4.78 is 5.50. The third kappa shape index (κ3) is 3.30. The Labute approximate surface area is 118 Å². The highest BCUT2D eigenvalue weighted by atomic mass is 16.5. The van der Waals surface area contributed by atoms with E-state index in [1.165, 1.54) is 25.8 Å². The van der Waals surface area contributed by atoms with Crippen LogP contribution in [0, 0.1) is 5.41 Å². The Morgan fingerprint density at radius 2 is 1.63 bits per heavy atom. The standard InChI is InChI=1S/C15H31N3O/c1-17(2)15(5-4-6-15)13-18(3)12-14(11-16)7-9-19-10-8-14/h4-13,16H2,1-3H3. The monoisotopic (exact) mass is 269 g/mol. The fourth-order valence-corrected chi connectivity index (χ4v) is 3.69. The van der Waals surface area contributed by atoms with E-state index in [0.717, 1.165) is 39.1 Å². The summed E-state index contributed by atoms with van der Waals surface area (Å²) >= 11 is 0. The fourth-order valence-electron chi connectivity index (χ4n) is 3.69. The quantitative estimate of drug-likeness (QED) is 0.786. The zero-order valence-electron chi connectivity index (χ0n) is 13.0. The summed E-state index contributed by atoms with van der Waals surface area (Å²) in [6, 6.07) is 0. The topological polar surface area (TPSA) is 41.7 Å². The Morgan fingerprint density at radius 3 is 2.05 bits per heavy atom. The van der Waals surface area contributed by atoms with Crippen LogP contribution in [-0.4, -0.2) is 69.3 Å². The first-order valence-electron chi connectivity index (χ1n) is 7.66. The lowest BCUT2D eigenvalue weighted by Crippen LogP contribution is -2.58. The van der Waals surface area contributed by atoms with Gasteiger partial charge in [0.1, 0.15) is 0 Å². The predicted octanol–water partition coefficient (Wildman–Crippen LogP) is 1.16. The molecule has 0 aromatic heterocycles. The summed E-state index contributed by atoms with van der Waals surface area (Å²) in [6.45, 7) is 4.83. The van der Waals surface area contributed by atoms with Gasteiger partial charge in [-0.1, -0.05) is 0 Å². The maximum atomic E-state index is 6.06. The van der Waals surface area contributed by atoms with Crippen LogP contribution in [0.4, 0.5) is 0 Å². The summed E-state index contributed by atoms with van der Waals surface area (Å²) in [5, 5.41) is 0. The van der Waals surface area contributed by atoms with Crippen molar-refractivity contribution in [2.45, 2.75) is 37.6 Å². The molecule has 0 aromatic rings. The molecular formula is C15H31N3O. The SMILES string of the molecule is CN(CC1(CN)CCOCC1)CC1(N(C)C)CCC1. The number of hydrogen-bond acceptors (Lipinski definition) is 4. The molecule has 0 radical (unpaired) electrons. The van der Waals surface area contributed by atoms with Gasteiger partial charge in [0.15, 0.2) is 0 Å². The smallest absolute Gasteiger partial charge is 0.0472 e. The maximum absolute atomic E-state index is 6.06. The average molecular weight is 269 g/mol. The van der Waals surface area contributed by atoms with Crippen molar-refractivity contribution in [2.24, 2.45) is 11.1 Å². The number of nitrogens with zero attached hydrogens (tertiary/aromatic N) is 2. The molecule has 2 fully saturated rings. The van der Waals surface area contributed by atoms with Gasteiger partial charge in [0.2, 0.25) is 0 Å². The number of hydrogen-bond donors (Lipinski definition) is 1. The lowest BCUT2D eigenvalue weighted by atomic mass is 9.74. The van der Waals surface area contributed by atoms with E-state index in [4.69, 9.17) is 10.5 Å². The molecule has 19 heavy (non-hydrogen) atoms. The van der Waals surface area contributed by atoms with E-state index in [0.29, 0.717) is 5.54 Å². The van der Waals surface area contributed by atoms with Gasteiger partial charge in [-0.05, 0) is 65.2 Å². The van der Waals surface area contributed by atoms with Crippen LogP contribution < -0.4 is 5.73 Å². The Bertz CT molecular complexity index is 283. The van der Waals surface area contributed by atoms with Crippen LogP contribution in [-0.2, 0) is 4.74 Å². The minimum Gasteiger partial charge on any atom is -0.381 e. The first kappa shape index (κ1) is 15.2. The number of likely N-dealkylation sites (N-methyl/N-ethyl adjacent to an activating group) is 2. The van der Waals surface area contributed by atoms with Crippen LogP contribution >= 0.6 is 0 Å². The van der Waals surface area contributed by atoms with Crippen molar-refractivity contribution in [2.75, 3.05) is 54.0 Å². The zero-order chi connectivity index (χ0) is 13.9. The lowest BCUT2D eigenvalue weighted by molar-refractivity contribution is -0.0185. The van der Waals surface area contributed by atoms with E-state index < -0.39 is 0 Å². The molecular weight excluding hydrogens is 238 g/mol. The van der Waals surface area contributed by atoms with Crippen molar-refractivity contribution in [1.82, 2.24) is 9.80 Å². The predicted molar refractivity (Wildman–Crippen MR) is 79.3 cm³/mol. The summed E-state index contributed by atoms with van der Waals surface area (Å²) in [4.78, 5) is 4.93. The Kier molecular flexibility index (Phi) is 4.88. The van der Waals surface area contributed by atoms with E-state index >= 15 is 0 Å². The van der Waals surface area contributed by atoms with Crippen molar-refractivity contribution in [1.29, 1.82) is 0 Å². The summed E-state index contributed by atoms with van der Waals surface area (Å²) in [7, 11) is 6.71. The van der Waals surface area contributed by atoms with Crippen molar-refractivity contribution in [3.63, 3.8) is 0 Å². The van der Waals surface area contributed by atoms with Crippen LogP contribution in [0.1, 0.15) is 32.1 Å². The molecule has 0 unspecified atom stereocenters. The molecule has 0 spiro atoms. The highest BCUT2D eigenvalue weighted by Crippen LogP contribution is 2.38. The third-order valence-corrected chi connectivity index (χ3v) is 5.39. The molecule has 1 heterocycles. The second-order valence-corrected chi connectivity index (χ2v) is 6.96. The van der Waals surface area contributed by atoms with Crippen LogP contribution in [0.5, 0.6) is 0 Å². The molecule has 0 bridgehead atoms. The minimum absolute atomic E-state index is 0.282. The Balaban J connectivity index is 1.90. The van der Waals surface area contributed by atoms with Gasteiger partial charge in [-0.15, -0.1) is 0 Å². The highest BCUT2D eigenvalue weighted by Gasteiger charge is 2.41.